The molecule has 0 saturated carbocycles. The normalized spacial score (nSPS) is 19.3. The van der Waals surface area contributed by atoms with Crippen LogP contribution in [0.3, 0.4) is 0 Å². The van der Waals surface area contributed by atoms with Crippen LogP contribution in [0.15, 0.2) is 48.5 Å². The second-order valence-corrected chi connectivity index (χ2v) is 7.13. The molecule has 4 nitrogen and oxygen atoms in total. The quantitative estimate of drug-likeness (QED) is 0.848. The number of hydrogen-bond donors (Lipinski definition) is 1. The second kappa shape index (κ2) is 8.76. The maximum atomic E-state index is 13.1. The van der Waals surface area contributed by atoms with Crippen LogP contribution < -0.4 is 10.5 Å². The highest BCUT2D eigenvalue weighted by molar-refractivity contribution is 6.31. The summed E-state index contributed by atoms with van der Waals surface area (Å²) < 4.78 is 5.78. The van der Waals surface area contributed by atoms with Crippen molar-refractivity contribution in [2.45, 2.75) is 31.9 Å². The zero-order valence-electron chi connectivity index (χ0n) is 14.9. The van der Waals surface area contributed by atoms with Gasteiger partial charge in [-0.3, -0.25) is 4.79 Å². The molecule has 1 saturated heterocycles. The van der Waals surface area contributed by atoms with Gasteiger partial charge in [-0.1, -0.05) is 41.9 Å². The lowest BCUT2D eigenvalue weighted by Crippen LogP contribution is -2.32. The minimum Gasteiger partial charge on any atom is -0.490 e. The van der Waals surface area contributed by atoms with E-state index >= 15 is 0 Å². The molecule has 1 amide bonds. The molecular weight excluding hydrogens is 371 g/mol. The number of halogens is 2. The highest BCUT2D eigenvalue weighted by Crippen LogP contribution is 2.30. The van der Waals surface area contributed by atoms with E-state index in [4.69, 9.17) is 22.1 Å². The van der Waals surface area contributed by atoms with E-state index in [2.05, 4.69) is 12.1 Å². The van der Waals surface area contributed by atoms with Crippen molar-refractivity contribution in [1.29, 1.82) is 0 Å². The number of benzene rings is 2. The van der Waals surface area contributed by atoms with Gasteiger partial charge < -0.3 is 15.4 Å². The molecule has 1 fully saturated rings. The monoisotopic (exact) mass is 394 g/mol. The molecular formula is C20H24Cl2N2O2. The summed E-state index contributed by atoms with van der Waals surface area (Å²) in [5.74, 6) is 0.604. The molecule has 6 heteroatoms. The summed E-state index contributed by atoms with van der Waals surface area (Å²) in [6, 6.07) is 15.2. The van der Waals surface area contributed by atoms with Gasteiger partial charge in [-0.15, -0.1) is 12.4 Å². The minimum absolute atomic E-state index is 0. The molecule has 2 atom stereocenters. The largest absolute Gasteiger partial charge is 0.490 e. The topological polar surface area (TPSA) is 55.6 Å². The number of hydrogen-bond acceptors (Lipinski definition) is 3. The van der Waals surface area contributed by atoms with Crippen molar-refractivity contribution in [3.05, 3.63) is 64.7 Å². The number of likely N-dealkylation sites (tertiary alicyclic amines) is 1. The van der Waals surface area contributed by atoms with Crippen molar-refractivity contribution < 1.29 is 9.53 Å². The number of amides is 1. The third-order valence-corrected chi connectivity index (χ3v) is 4.65. The molecule has 2 N–H and O–H groups in total. The molecule has 1 aliphatic rings. The maximum absolute atomic E-state index is 13.1. The van der Waals surface area contributed by atoms with Gasteiger partial charge in [0.2, 0.25) is 0 Å². The molecule has 0 aromatic heterocycles. The average Bonchev–Trinajstić information content (AvgIpc) is 2.98. The average molecular weight is 395 g/mol. The van der Waals surface area contributed by atoms with Crippen LogP contribution >= 0.6 is 24.0 Å². The summed E-state index contributed by atoms with van der Waals surface area (Å²) in [6.07, 6.45) is -0.0226. The maximum Gasteiger partial charge on any atom is 0.257 e. The highest BCUT2D eigenvalue weighted by atomic mass is 35.5. The summed E-state index contributed by atoms with van der Waals surface area (Å²) in [4.78, 5) is 14.8. The van der Waals surface area contributed by atoms with E-state index in [0.717, 1.165) is 5.56 Å². The molecule has 0 aliphatic carbocycles. The first-order valence-corrected chi connectivity index (χ1v) is 8.89. The van der Waals surface area contributed by atoms with Crippen molar-refractivity contribution in [2.75, 3.05) is 13.1 Å². The molecule has 0 radical (unpaired) electrons. The van der Waals surface area contributed by atoms with Gasteiger partial charge in [-0.05, 0) is 37.6 Å². The molecule has 140 valence electrons. The Morgan fingerprint density at radius 3 is 2.54 bits per heavy atom. The molecule has 0 unspecified atom stereocenters. The molecule has 3 rings (SSSR count). The Kier molecular flexibility index (Phi) is 6.93. The van der Waals surface area contributed by atoms with E-state index in [1.807, 2.05) is 32.0 Å². The zero-order valence-corrected chi connectivity index (χ0v) is 16.5. The highest BCUT2D eigenvalue weighted by Gasteiger charge is 2.35. The van der Waals surface area contributed by atoms with Gasteiger partial charge in [0.1, 0.15) is 5.75 Å². The molecule has 0 bridgehead atoms. The zero-order chi connectivity index (χ0) is 18.0. The number of carbonyl (C=O) groups is 1. The second-order valence-electron chi connectivity index (χ2n) is 6.70. The number of nitrogens with zero attached hydrogens (tertiary/aromatic N) is 1. The number of nitrogens with two attached hydrogens (primary N) is 1. The van der Waals surface area contributed by atoms with Crippen molar-refractivity contribution in [2.24, 2.45) is 5.73 Å². The van der Waals surface area contributed by atoms with E-state index in [-0.39, 0.29) is 36.4 Å². The van der Waals surface area contributed by atoms with E-state index in [9.17, 15) is 4.79 Å². The van der Waals surface area contributed by atoms with Crippen LogP contribution in [0.2, 0.25) is 5.02 Å². The predicted octanol–water partition coefficient (Wildman–Crippen LogP) is 4.12. The molecule has 2 aromatic rings. The van der Waals surface area contributed by atoms with Crippen LogP contribution in [-0.4, -0.2) is 36.0 Å². The van der Waals surface area contributed by atoms with Crippen LogP contribution in [0.5, 0.6) is 5.75 Å². The predicted molar refractivity (Wildman–Crippen MR) is 108 cm³/mol. The van der Waals surface area contributed by atoms with Crippen LogP contribution in [0.4, 0.5) is 0 Å². The van der Waals surface area contributed by atoms with Crippen molar-refractivity contribution >= 4 is 29.9 Å². The van der Waals surface area contributed by atoms with Crippen LogP contribution in [-0.2, 0) is 0 Å². The summed E-state index contributed by atoms with van der Waals surface area (Å²) in [7, 11) is 0. The number of carbonyl (C=O) groups excluding carboxylic acids is 1. The summed E-state index contributed by atoms with van der Waals surface area (Å²) in [5, 5.41) is 0.516. The smallest absolute Gasteiger partial charge is 0.257 e. The fraction of sp³-hybridized carbons (Fsp3) is 0.350. The van der Waals surface area contributed by atoms with Crippen molar-refractivity contribution in [3.63, 3.8) is 0 Å². The Morgan fingerprint density at radius 2 is 1.88 bits per heavy atom. The van der Waals surface area contributed by atoms with Gasteiger partial charge in [0.25, 0.3) is 5.91 Å². The Balaban J connectivity index is 0.00000243. The lowest BCUT2D eigenvalue weighted by molar-refractivity contribution is 0.0783. The van der Waals surface area contributed by atoms with Crippen LogP contribution in [0, 0.1) is 0 Å². The van der Waals surface area contributed by atoms with Crippen LogP contribution in [0.1, 0.15) is 35.7 Å². The SMILES string of the molecule is CC(C)Oc1ccc(Cl)cc1C(=O)N1C[C@@H](N)[C@H](c2ccccc2)C1.Cl. The van der Waals surface area contributed by atoms with E-state index in [1.165, 1.54) is 0 Å². The van der Waals surface area contributed by atoms with Gasteiger partial charge in [-0.2, -0.15) is 0 Å². The minimum atomic E-state index is -0.0907. The molecule has 2 aromatic carbocycles. The van der Waals surface area contributed by atoms with E-state index in [1.54, 1.807) is 23.1 Å². The first-order chi connectivity index (χ1) is 12.0. The Morgan fingerprint density at radius 1 is 1.19 bits per heavy atom. The Labute approximate surface area is 165 Å². The summed E-state index contributed by atoms with van der Waals surface area (Å²) >= 11 is 6.11. The van der Waals surface area contributed by atoms with E-state index < -0.39 is 0 Å². The van der Waals surface area contributed by atoms with Crippen molar-refractivity contribution in [1.82, 2.24) is 4.90 Å². The molecule has 1 aliphatic heterocycles. The first-order valence-electron chi connectivity index (χ1n) is 8.51. The van der Waals surface area contributed by atoms with Gasteiger partial charge >= 0.3 is 0 Å². The van der Waals surface area contributed by atoms with Gasteiger partial charge in [-0.25, -0.2) is 0 Å². The molecule has 26 heavy (non-hydrogen) atoms. The number of rotatable bonds is 4. The van der Waals surface area contributed by atoms with Gasteiger partial charge in [0.05, 0.1) is 11.7 Å². The summed E-state index contributed by atoms with van der Waals surface area (Å²) in [6.45, 7) is 4.98. The first kappa shape index (κ1) is 20.6. The lowest BCUT2D eigenvalue weighted by atomic mass is 9.95. The number of ether oxygens (including phenoxy) is 1. The third-order valence-electron chi connectivity index (χ3n) is 4.41. The Bertz CT molecular complexity index is 753. The van der Waals surface area contributed by atoms with Gasteiger partial charge in [0, 0.05) is 30.1 Å². The lowest BCUT2D eigenvalue weighted by Gasteiger charge is -2.20. The van der Waals surface area contributed by atoms with Crippen molar-refractivity contribution in [3.8, 4) is 5.75 Å². The van der Waals surface area contributed by atoms with Gasteiger partial charge in [0.15, 0.2) is 0 Å². The molecule has 1 heterocycles. The fourth-order valence-corrected chi connectivity index (χ4v) is 3.42. The summed E-state index contributed by atoms with van der Waals surface area (Å²) in [5.41, 5.74) is 7.96. The fourth-order valence-electron chi connectivity index (χ4n) is 3.24. The van der Waals surface area contributed by atoms with Crippen LogP contribution in [0.25, 0.3) is 0 Å². The third kappa shape index (κ3) is 4.50. The standard InChI is InChI=1S/C20H23ClN2O2.ClH/c1-13(2)25-19-9-8-15(21)10-16(19)20(24)23-11-17(18(22)12-23)14-6-4-3-5-7-14;/h3-10,13,17-18H,11-12,22H2,1-2H3;1H/t17-,18+;/m0./s1. The Hall–Kier alpha value is -1.75. The molecule has 0 spiro atoms. The van der Waals surface area contributed by atoms with E-state index in [0.29, 0.717) is 29.4 Å².